The molecule has 0 amide bonds. The van der Waals surface area contributed by atoms with E-state index in [0.29, 0.717) is 6.61 Å². The molecule has 0 heterocycles. The molecule has 0 aromatic heterocycles. The van der Waals surface area contributed by atoms with Crippen molar-refractivity contribution in [3.63, 3.8) is 0 Å². The average molecular weight is 314 g/mol. The second-order valence-corrected chi connectivity index (χ2v) is 5.56. The first-order valence-electron chi connectivity index (χ1n) is 6.72. The van der Waals surface area contributed by atoms with E-state index in [2.05, 4.69) is 41.9 Å². The lowest BCUT2D eigenvalue weighted by molar-refractivity contribution is -0.0633. The fourth-order valence-electron chi connectivity index (χ4n) is 2.48. The van der Waals surface area contributed by atoms with Gasteiger partial charge >= 0.3 is 0 Å². The van der Waals surface area contributed by atoms with Gasteiger partial charge < -0.3 is 10.5 Å². The van der Waals surface area contributed by atoms with Crippen LogP contribution >= 0.6 is 15.9 Å². The summed E-state index contributed by atoms with van der Waals surface area (Å²) in [7, 11) is 0. The molecule has 1 aromatic rings. The van der Waals surface area contributed by atoms with Crippen LogP contribution in [-0.2, 0) is 11.2 Å². The molecule has 1 aromatic carbocycles. The number of ether oxygens (including phenoxy) is 1. The van der Waals surface area contributed by atoms with Crippen LogP contribution in [-0.4, -0.2) is 18.2 Å². The highest BCUT2D eigenvalue weighted by molar-refractivity contribution is 9.10. The summed E-state index contributed by atoms with van der Waals surface area (Å²) in [5.74, 6) is 0. The smallest absolute Gasteiger partial charge is 0.0830 e. The number of halogens is 1. The van der Waals surface area contributed by atoms with Gasteiger partial charge in [0.2, 0.25) is 0 Å². The van der Waals surface area contributed by atoms with Crippen molar-refractivity contribution in [2.24, 2.45) is 5.73 Å². The second kappa shape index (κ2) is 7.27. The fraction of sp³-hybridized carbons (Fsp3) is 0.600. The minimum atomic E-state index is -0.197. The van der Waals surface area contributed by atoms with Crippen molar-refractivity contribution in [1.82, 2.24) is 0 Å². The predicted octanol–water partition coefficient (Wildman–Crippen LogP) is 3.91. The largest absolute Gasteiger partial charge is 0.374 e. The zero-order valence-electron chi connectivity index (χ0n) is 11.6. The van der Waals surface area contributed by atoms with Crippen LogP contribution in [0.15, 0.2) is 28.7 Å². The predicted molar refractivity (Wildman–Crippen MR) is 80.8 cm³/mol. The van der Waals surface area contributed by atoms with Gasteiger partial charge in [0.05, 0.1) is 5.60 Å². The van der Waals surface area contributed by atoms with Crippen LogP contribution in [0.4, 0.5) is 0 Å². The van der Waals surface area contributed by atoms with Gasteiger partial charge in [-0.1, -0.05) is 41.9 Å². The van der Waals surface area contributed by atoms with Gasteiger partial charge in [0, 0.05) is 17.1 Å². The Hall–Kier alpha value is -0.380. The number of hydrogen-bond donors (Lipinski definition) is 1. The van der Waals surface area contributed by atoms with E-state index in [-0.39, 0.29) is 11.6 Å². The van der Waals surface area contributed by atoms with Crippen molar-refractivity contribution in [3.05, 3.63) is 34.3 Å². The molecule has 0 aliphatic heterocycles. The molecule has 3 heteroatoms. The van der Waals surface area contributed by atoms with E-state index in [9.17, 15) is 0 Å². The van der Waals surface area contributed by atoms with Gasteiger partial charge in [-0.25, -0.2) is 0 Å². The van der Waals surface area contributed by atoms with E-state index in [0.717, 1.165) is 23.7 Å². The molecular weight excluding hydrogens is 290 g/mol. The van der Waals surface area contributed by atoms with Crippen molar-refractivity contribution in [2.75, 3.05) is 6.61 Å². The molecular formula is C15H24BrNO. The molecule has 2 nitrogen and oxygen atoms in total. The molecule has 102 valence electrons. The third-order valence-electron chi connectivity index (χ3n) is 3.65. The van der Waals surface area contributed by atoms with E-state index < -0.39 is 0 Å². The lowest BCUT2D eigenvalue weighted by Gasteiger charge is -2.37. The van der Waals surface area contributed by atoms with Crippen LogP contribution in [0, 0.1) is 0 Å². The Morgan fingerprint density at radius 1 is 1.28 bits per heavy atom. The molecule has 0 saturated carbocycles. The molecule has 0 radical (unpaired) electrons. The number of hydrogen-bond acceptors (Lipinski definition) is 2. The highest BCUT2D eigenvalue weighted by atomic mass is 79.9. The molecule has 1 rings (SSSR count). The van der Waals surface area contributed by atoms with Gasteiger partial charge in [-0.2, -0.15) is 0 Å². The quantitative estimate of drug-likeness (QED) is 0.828. The fourth-order valence-corrected chi connectivity index (χ4v) is 2.92. The van der Waals surface area contributed by atoms with Gasteiger partial charge in [-0.3, -0.25) is 0 Å². The number of rotatable bonds is 7. The van der Waals surface area contributed by atoms with E-state index in [1.165, 1.54) is 5.56 Å². The van der Waals surface area contributed by atoms with E-state index in [1.54, 1.807) is 0 Å². The lowest BCUT2D eigenvalue weighted by Crippen LogP contribution is -2.50. The minimum absolute atomic E-state index is 0.0294. The van der Waals surface area contributed by atoms with Gasteiger partial charge in [0.1, 0.15) is 0 Å². The Bertz CT molecular complexity index is 363. The van der Waals surface area contributed by atoms with Crippen molar-refractivity contribution in [3.8, 4) is 0 Å². The first kappa shape index (κ1) is 15.7. The van der Waals surface area contributed by atoms with E-state index in [4.69, 9.17) is 10.5 Å². The summed E-state index contributed by atoms with van der Waals surface area (Å²) < 4.78 is 7.05. The Kier molecular flexibility index (Phi) is 6.33. The highest BCUT2D eigenvalue weighted by Gasteiger charge is 2.33. The number of nitrogens with two attached hydrogens (primary N) is 1. The van der Waals surface area contributed by atoms with Crippen LogP contribution in [0.3, 0.4) is 0 Å². The van der Waals surface area contributed by atoms with Crippen LogP contribution in [0.25, 0.3) is 0 Å². The maximum atomic E-state index is 6.40. The molecule has 0 aliphatic rings. The SMILES string of the molecule is CCOC(CC)(CC)C(N)Cc1cccc(Br)c1. The normalized spacial score (nSPS) is 13.6. The first-order chi connectivity index (χ1) is 8.57. The molecule has 0 bridgehead atoms. The summed E-state index contributed by atoms with van der Waals surface area (Å²) in [6.07, 6.45) is 2.75. The van der Waals surface area contributed by atoms with Crippen LogP contribution in [0.2, 0.25) is 0 Å². The highest BCUT2D eigenvalue weighted by Crippen LogP contribution is 2.26. The molecule has 0 aliphatic carbocycles. The summed E-state index contributed by atoms with van der Waals surface area (Å²) >= 11 is 3.50. The van der Waals surface area contributed by atoms with Gasteiger partial charge in [-0.05, 0) is 43.9 Å². The Balaban J connectivity index is 2.81. The molecule has 1 unspecified atom stereocenters. The zero-order valence-corrected chi connectivity index (χ0v) is 13.2. The molecule has 2 N–H and O–H groups in total. The van der Waals surface area contributed by atoms with Crippen molar-refractivity contribution in [1.29, 1.82) is 0 Å². The maximum Gasteiger partial charge on any atom is 0.0830 e. The maximum absolute atomic E-state index is 6.40. The van der Waals surface area contributed by atoms with Gasteiger partial charge in [0.15, 0.2) is 0 Å². The molecule has 1 atom stereocenters. The first-order valence-corrected chi connectivity index (χ1v) is 7.51. The van der Waals surface area contributed by atoms with Crippen LogP contribution < -0.4 is 5.73 Å². The van der Waals surface area contributed by atoms with Crippen molar-refractivity contribution in [2.45, 2.75) is 51.7 Å². The van der Waals surface area contributed by atoms with Gasteiger partial charge in [0.25, 0.3) is 0 Å². The monoisotopic (exact) mass is 313 g/mol. The van der Waals surface area contributed by atoms with E-state index in [1.807, 2.05) is 19.1 Å². The van der Waals surface area contributed by atoms with Gasteiger partial charge in [-0.15, -0.1) is 0 Å². The molecule has 0 spiro atoms. The average Bonchev–Trinajstić information content (AvgIpc) is 2.36. The molecule has 0 fully saturated rings. The summed E-state index contributed by atoms with van der Waals surface area (Å²) in [6.45, 7) is 7.06. The summed E-state index contributed by atoms with van der Waals surface area (Å²) in [4.78, 5) is 0. The second-order valence-electron chi connectivity index (χ2n) is 4.65. The third kappa shape index (κ3) is 3.81. The topological polar surface area (TPSA) is 35.2 Å². The van der Waals surface area contributed by atoms with Crippen LogP contribution in [0.1, 0.15) is 39.2 Å². The van der Waals surface area contributed by atoms with Crippen molar-refractivity contribution >= 4 is 15.9 Å². The summed E-state index contributed by atoms with van der Waals surface area (Å²) in [5.41, 5.74) is 7.46. The molecule has 0 saturated heterocycles. The Morgan fingerprint density at radius 2 is 1.94 bits per heavy atom. The Morgan fingerprint density at radius 3 is 2.44 bits per heavy atom. The van der Waals surface area contributed by atoms with Crippen molar-refractivity contribution < 1.29 is 4.74 Å². The molecule has 18 heavy (non-hydrogen) atoms. The number of benzene rings is 1. The minimum Gasteiger partial charge on any atom is -0.374 e. The summed E-state index contributed by atoms with van der Waals surface area (Å²) in [6, 6.07) is 8.35. The summed E-state index contributed by atoms with van der Waals surface area (Å²) in [5, 5.41) is 0. The zero-order chi connectivity index (χ0) is 13.6. The van der Waals surface area contributed by atoms with E-state index >= 15 is 0 Å². The third-order valence-corrected chi connectivity index (χ3v) is 4.14. The standard InChI is InChI=1S/C15H24BrNO/c1-4-15(5-2,18-6-3)14(17)11-12-8-7-9-13(16)10-12/h7-10,14H,4-6,11,17H2,1-3H3. The lowest BCUT2D eigenvalue weighted by atomic mass is 9.85. The Labute approximate surface area is 119 Å². The van der Waals surface area contributed by atoms with Crippen LogP contribution in [0.5, 0.6) is 0 Å².